The molecule has 2 rings (SSSR count). The largest absolute Gasteiger partial charge is 0.506 e. The molecule has 132 valence electrons. The van der Waals surface area contributed by atoms with Gasteiger partial charge in [0, 0.05) is 6.54 Å². The summed E-state index contributed by atoms with van der Waals surface area (Å²) in [5, 5.41) is 15.3. The number of anilines is 1. The molecular weight excluding hydrogens is 308 g/mol. The van der Waals surface area contributed by atoms with Crippen molar-refractivity contribution in [3.8, 4) is 5.75 Å². The molecule has 7 heteroatoms. The molecule has 2 amide bonds. The van der Waals surface area contributed by atoms with E-state index in [0.29, 0.717) is 13.1 Å². The first kappa shape index (κ1) is 18.1. The molecule has 1 atom stereocenters. The van der Waals surface area contributed by atoms with Crippen LogP contribution >= 0.6 is 0 Å². The first-order chi connectivity index (χ1) is 11.5. The van der Waals surface area contributed by atoms with Crippen LogP contribution in [0.4, 0.5) is 5.69 Å². The van der Waals surface area contributed by atoms with Gasteiger partial charge in [0.15, 0.2) is 6.54 Å². The summed E-state index contributed by atoms with van der Waals surface area (Å²) in [6.07, 6.45) is 0. The van der Waals surface area contributed by atoms with Crippen LogP contribution in [0, 0.1) is 0 Å². The number of hydrogen-bond acceptors (Lipinski definition) is 4. The van der Waals surface area contributed by atoms with E-state index in [0.717, 1.165) is 31.9 Å². The third-order valence-corrected chi connectivity index (χ3v) is 4.23. The summed E-state index contributed by atoms with van der Waals surface area (Å²) < 4.78 is 0. The lowest BCUT2D eigenvalue weighted by molar-refractivity contribution is -0.892. The van der Waals surface area contributed by atoms with Gasteiger partial charge in [-0.3, -0.25) is 9.59 Å². The average molecular weight is 335 g/mol. The Bertz CT molecular complexity index is 571. The molecule has 0 aromatic heterocycles. The highest BCUT2D eigenvalue weighted by molar-refractivity contribution is 5.87. The van der Waals surface area contributed by atoms with E-state index in [1.807, 2.05) is 19.1 Å². The molecule has 0 unspecified atom stereocenters. The molecule has 4 N–H and O–H groups in total. The molecule has 1 aliphatic heterocycles. The van der Waals surface area contributed by atoms with Gasteiger partial charge in [0.05, 0.1) is 31.9 Å². The van der Waals surface area contributed by atoms with Gasteiger partial charge in [-0.2, -0.15) is 0 Å². The van der Waals surface area contributed by atoms with Gasteiger partial charge in [-0.05, 0) is 26.0 Å². The van der Waals surface area contributed by atoms with E-state index in [1.54, 1.807) is 19.1 Å². The maximum Gasteiger partial charge on any atom is 0.275 e. The summed E-state index contributed by atoms with van der Waals surface area (Å²) in [4.78, 5) is 27.0. The number of nitrogens with zero attached hydrogens (tertiary/aromatic N) is 1. The maximum atomic E-state index is 12.1. The summed E-state index contributed by atoms with van der Waals surface area (Å²) in [6.45, 7) is 7.65. The van der Waals surface area contributed by atoms with Gasteiger partial charge in [-0.15, -0.1) is 0 Å². The molecule has 7 nitrogen and oxygen atoms in total. The molecule has 24 heavy (non-hydrogen) atoms. The van der Waals surface area contributed by atoms with Crippen LogP contribution in [0.2, 0.25) is 0 Å². The van der Waals surface area contributed by atoms with Crippen LogP contribution in [0.15, 0.2) is 24.3 Å². The van der Waals surface area contributed by atoms with Crippen molar-refractivity contribution in [1.29, 1.82) is 0 Å². The van der Waals surface area contributed by atoms with Crippen molar-refractivity contribution >= 4 is 17.5 Å². The highest BCUT2D eigenvalue weighted by Crippen LogP contribution is 2.25. The SMILES string of the molecule is CCNC(=O)[C@@H](C)NC(=O)C[NH+]1CCN(c2ccccc2O)CC1. The second-order valence-electron chi connectivity index (χ2n) is 6.09. The van der Waals surface area contributed by atoms with Gasteiger partial charge in [0.1, 0.15) is 11.8 Å². The lowest BCUT2D eigenvalue weighted by atomic mass is 10.2. The number of quaternary nitrogens is 1. The number of rotatable bonds is 6. The first-order valence-electron chi connectivity index (χ1n) is 8.44. The topological polar surface area (TPSA) is 86.1 Å². The van der Waals surface area contributed by atoms with Crippen LogP contribution in [-0.2, 0) is 9.59 Å². The molecule has 0 saturated carbocycles. The number of piperazine rings is 1. The number of carbonyl (C=O) groups is 2. The van der Waals surface area contributed by atoms with Crippen LogP contribution in [0.5, 0.6) is 5.75 Å². The minimum absolute atomic E-state index is 0.111. The molecule has 0 aliphatic carbocycles. The van der Waals surface area contributed by atoms with E-state index >= 15 is 0 Å². The van der Waals surface area contributed by atoms with E-state index in [1.165, 1.54) is 4.90 Å². The fourth-order valence-corrected chi connectivity index (χ4v) is 2.88. The van der Waals surface area contributed by atoms with Crippen LogP contribution in [-0.4, -0.2) is 62.2 Å². The molecular formula is C17H27N4O3+. The van der Waals surface area contributed by atoms with Crippen LogP contribution in [0.1, 0.15) is 13.8 Å². The number of phenols is 1. The molecule has 1 aromatic rings. The standard InChI is InChI=1S/C17H26N4O3/c1-3-18-17(24)13(2)19-16(23)12-20-8-10-21(11-9-20)14-6-4-5-7-15(14)22/h4-7,13,22H,3,8-12H2,1-2H3,(H,18,24)(H,19,23)/p+1/t13-/m1/s1. The molecule has 1 heterocycles. The van der Waals surface area contributed by atoms with Crippen molar-refractivity contribution in [2.24, 2.45) is 0 Å². The third-order valence-electron chi connectivity index (χ3n) is 4.23. The zero-order valence-corrected chi connectivity index (χ0v) is 14.3. The van der Waals surface area contributed by atoms with Crippen LogP contribution in [0.3, 0.4) is 0 Å². The zero-order chi connectivity index (χ0) is 17.5. The minimum Gasteiger partial charge on any atom is -0.506 e. The Labute approximate surface area is 142 Å². The van der Waals surface area contributed by atoms with E-state index in [9.17, 15) is 14.7 Å². The van der Waals surface area contributed by atoms with Gasteiger partial charge in [-0.25, -0.2) is 0 Å². The van der Waals surface area contributed by atoms with E-state index in [-0.39, 0.29) is 17.6 Å². The molecule has 1 fully saturated rings. The molecule has 1 saturated heterocycles. The Kier molecular flexibility index (Phi) is 6.43. The molecule has 0 spiro atoms. The first-order valence-corrected chi connectivity index (χ1v) is 8.44. The number of benzene rings is 1. The van der Waals surface area contributed by atoms with Crippen LogP contribution < -0.4 is 20.4 Å². The van der Waals surface area contributed by atoms with Gasteiger partial charge in [0.2, 0.25) is 5.91 Å². The smallest absolute Gasteiger partial charge is 0.275 e. The summed E-state index contributed by atoms with van der Waals surface area (Å²) in [5.74, 6) is 0.0134. The molecule has 1 aliphatic rings. The quantitative estimate of drug-likeness (QED) is 0.523. The summed E-state index contributed by atoms with van der Waals surface area (Å²) in [7, 11) is 0. The number of amides is 2. The Balaban J connectivity index is 1.77. The lowest BCUT2D eigenvalue weighted by Gasteiger charge is -2.33. The number of hydrogen-bond donors (Lipinski definition) is 4. The van der Waals surface area contributed by atoms with E-state index in [4.69, 9.17) is 0 Å². The van der Waals surface area contributed by atoms with Crippen LogP contribution in [0.25, 0.3) is 0 Å². The number of aromatic hydroxyl groups is 1. The zero-order valence-electron chi connectivity index (χ0n) is 14.3. The van der Waals surface area contributed by atoms with Gasteiger partial charge in [-0.1, -0.05) is 12.1 Å². The minimum atomic E-state index is -0.514. The van der Waals surface area contributed by atoms with Crippen molar-refractivity contribution in [3.05, 3.63) is 24.3 Å². The highest BCUT2D eigenvalue weighted by Gasteiger charge is 2.24. The second kappa shape index (κ2) is 8.54. The lowest BCUT2D eigenvalue weighted by Crippen LogP contribution is -3.16. The Morgan fingerprint density at radius 2 is 1.96 bits per heavy atom. The Morgan fingerprint density at radius 3 is 2.58 bits per heavy atom. The fraction of sp³-hybridized carbons (Fsp3) is 0.529. The summed E-state index contributed by atoms with van der Waals surface area (Å²) in [6, 6.07) is 6.79. The fourth-order valence-electron chi connectivity index (χ4n) is 2.88. The van der Waals surface area contributed by atoms with Crippen molar-refractivity contribution in [3.63, 3.8) is 0 Å². The second-order valence-corrected chi connectivity index (χ2v) is 6.09. The Hall–Kier alpha value is -2.28. The van der Waals surface area contributed by atoms with Crippen molar-refractivity contribution in [1.82, 2.24) is 10.6 Å². The number of carbonyl (C=O) groups excluding carboxylic acids is 2. The third kappa shape index (κ3) is 4.86. The highest BCUT2D eigenvalue weighted by atomic mass is 16.3. The van der Waals surface area contributed by atoms with Crippen molar-refractivity contribution in [2.75, 3.05) is 44.2 Å². The van der Waals surface area contributed by atoms with E-state index in [2.05, 4.69) is 15.5 Å². The van der Waals surface area contributed by atoms with Gasteiger partial charge < -0.3 is 25.5 Å². The maximum absolute atomic E-state index is 12.1. The average Bonchev–Trinajstić information content (AvgIpc) is 2.56. The predicted molar refractivity (Wildman–Crippen MR) is 92.2 cm³/mol. The van der Waals surface area contributed by atoms with Gasteiger partial charge >= 0.3 is 0 Å². The normalized spacial score (nSPS) is 16.5. The monoisotopic (exact) mass is 335 g/mol. The molecule has 0 radical (unpaired) electrons. The predicted octanol–water partition coefficient (Wildman–Crippen LogP) is -1.26. The number of phenolic OH excluding ortho intramolecular Hbond substituents is 1. The van der Waals surface area contributed by atoms with E-state index < -0.39 is 6.04 Å². The molecule has 1 aromatic carbocycles. The number of nitrogens with one attached hydrogen (secondary N) is 3. The molecule has 0 bridgehead atoms. The number of para-hydroxylation sites is 2. The Morgan fingerprint density at radius 1 is 1.29 bits per heavy atom. The summed E-state index contributed by atoms with van der Waals surface area (Å²) >= 11 is 0. The van der Waals surface area contributed by atoms with Crippen molar-refractivity contribution in [2.45, 2.75) is 19.9 Å². The number of likely N-dealkylation sites (N-methyl/N-ethyl adjacent to an activating group) is 1. The summed E-state index contributed by atoms with van der Waals surface area (Å²) in [5.41, 5.74) is 0.839. The van der Waals surface area contributed by atoms with Crippen molar-refractivity contribution < 1.29 is 19.6 Å². The van der Waals surface area contributed by atoms with Gasteiger partial charge in [0.25, 0.3) is 5.91 Å².